The van der Waals surface area contributed by atoms with Gasteiger partial charge in [-0.1, -0.05) is 18.2 Å². The van der Waals surface area contributed by atoms with E-state index in [0.29, 0.717) is 19.0 Å². The molecule has 0 radical (unpaired) electrons. The summed E-state index contributed by atoms with van der Waals surface area (Å²) in [6, 6.07) is 9.02. The minimum atomic E-state index is -0.132. The summed E-state index contributed by atoms with van der Waals surface area (Å²) >= 11 is 0. The van der Waals surface area contributed by atoms with Gasteiger partial charge in [0.2, 0.25) is 5.91 Å². The van der Waals surface area contributed by atoms with Crippen LogP contribution in [0.3, 0.4) is 0 Å². The average molecular weight is 443 g/mol. The van der Waals surface area contributed by atoms with Crippen molar-refractivity contribution in [3.05, 3.63) is 53.1 Å². The van der Waals surface area contributed by atoms with Crippen molar-refractivity contribution in [2.75, 3.05) is 32.8 Å². The normalized spacial score (nSPS) is 20.0. The molecule has 6 nitrogen and oxygen atoms in total. The number of halogens is 1. The van der Waals surface area contributed by atoms with Crippen LogP contribution in [-0.4, -0.2) is 64.4 Å². The lowest BCUT2D eigenvalue weighted by atomic mass is 9.95. The van der Waals surface area contributed by atoms with Crippen LogP contribution in [0.25, 0.3) is 0 Å². The molecule has 174 valence electrons. The second-order valence-corrected chi connectivity index (χ2v) is 9.33. The van der Waals surface area contributed by atoms with Gasteiger partial charge >= 0.3 is 0 Å². The number of piperidine rings is 1. The summed E-state index contributed by atoms with van der Waals surface area (Å²) in [6.45, 7) is 8.93. The minimum Gasteiger partial charge on any atom is -0.376 e. The lowest BCUT2D eigenvalue weighted by Gasteiger charge is -2.35. The maximum atomic E-state index is 14.0. The molecule has 0 saturated carbocycles. The van der Waals surface area contributed by atoms with Gasteiger partial charge in [0.25, 0.3) is 0 Å². The van der Waals surface area contributed by atoms with E-state index < -0.39 is 0 Å². The predicted molar refractivity (Wildman–Crippen MR) is 122 cm³/mol. The van der Waals surface area contributed by atoms with Crippen LogP contribution in [0.5, 0.6) is 0 Å². The van der Waals surface area contributed by atoms with Crippen LogP contribution in [0.4, 0.5) is 4.39 Å². The first-order chi connectivity index (χ1) is 15.5. The number of rotatable bonds is 8. The lowest BCUT2D eigenvalue weighted by molar-refractivity contribution is -0.134. The number of hydrogen-bond donors (Lipinski definition) is 0. The first kappa shape index (κ1) is 22.9. The SMILES string of the molecule is Cc1cc(C)n(CC(=O)N(CC2CCN(Cc3ccccc3F)CC2)CC2CCCO2)n1. The van der Waals surface area contributed by atoms with Crippen molar-refractivity contribution < 1.29 is 13.9 Å². The molecular weight excluding hydrogens is 407 g/mol. The Hall–Kier alpha value is -2.25. The van der Waals surface area contributed by atoms with Crippen LogP contribution < -0.4 is 0 Å². The van der Waals surface area contributed by atoms with Crippen LogP contribution in [0, 0.1) is 25.6 Å². The molecule has 2 fully saturated rings. The highest BCUT2D eigenvalue weighted by atomic mass is 19.1. The summed E-state index contributed by atoms with van der Waals surface area (Å²) in [5.74, 6) is 0.435. The van der Waals surface area contributed by atoms with Gasteiger partial charge < -0.3 is 9.64 Å². The number of hydrogen-bond acceptors (Lipinski definition) is 4. The number of aromatic nitrogens is 2. The Kier molecular flexibility index (Phi) is 7.58. The fraction of sp³-hybridized carbons (Fsp3) is 0.600. The molecule has 0 spiro atoms. The highest BCUT2D eigenvalue weighted by Crippen LogP contribution is 2.23. The number of carbonyl (C=O) groups excluding carboxylic acids is 1. The Morgan fingerprint density at radius 2 is 1.97 bits per heavy atom. The van der Waals surface area contributed by atoms with E-state index in [4.69, 9.17) is 4.74 Å². The maximum absolute atomic E-state index is 14.0. The van der Waals surface area contributed by atoms with Gasteiger partial charge in [0.15, 0.2) is 0 Å². The highest BCUT2D eigenvalue weighted by molar-refractivity contribution is 5.76. The largest absolute Gasteiger partial charge is 0.376 e. The highest BCUT2D eigenvalue weighted by Gasteiger charge is 2.28. The van der Waals surface area contributed by atoms with Gasteiger partial charge in [-0.25, -0.2) is 4.39 Å². The molecule has 32 heavy (non-hydrogen) atoms. The van der Waals surface area contributed by atoms with Crippen molar-refractivity contribution >= 4 is 5.91 Å². The fourth-order valence-electron chi connectivity index (χ4n) is 4.88. The van der Waals surface area contributed by atoms with E-state index in [0.717, 1.165) is 68.9 Å². The molecule has 7 heteroatoms. The van der Waals surface area contributed by atoms with Crippen LogP contribution in [0.1, 0.15) is 42.6 Å². The van der Waals surface area contributed by atoms with Gasteiger partial charge in [0.05, 0.1) is 11.8 Å². The van der Waals surface area contributed by atoms with Crippen LogP contribution in [-0.2, 0) is 22.6 Å². The molecule has 2 aromatic rings. The van der Waals surface area contributed by atoms with Crippen LogP contribution in [0.15, 0.2) is 30.3 Å². The zero-order valence-electron chi connectivity index (χ0n) is 19.3. The molecule has 3 heterocycles. The molecule has 0 N–H and O–H groups in total. The summed E-state index contributed by atoms with van der Waals surface area (Å²) in [4.78, 5) is 17.6. The van der Waals surface area contributed by atoms with Gasteiger partial charge in [-0.15, -0.1) is 0 Å². The summed E-state index contributed by atoms with van der Waals surface area (Å²) in [5.41, 5.74) is 2.70. The van der Waals surface area contributed by atoms with E-state index in [-0.39, 0.29) is 24.4 Å². The van der Waals surface area contributed by atoms with E-state index in [1.54, 1.807) is 10.7 Å². The van der Waals surface area contributed by atoms with E-state index in [1.807, 2.05) is 36.9 Å². The number of ether oxygens (including phenoxy) is 1. The van der Waals surface area contributed by atoms with Crippen molar-refractivity contribution in [2.24, 2.45) is 5.92 Å². The topological polar surface area (TPSA) is 50.6 Å². The third kappa shape index (κ3) is 5.95. The fourth-order valence-corrected chi connectivity index (χ4v) is 4.88. The van der Waals surface area contributed by atoms with Crippen LogP contribution >= 0.6 is 0 Å². The summed E-state index contributed by atoms with van der Waals surface area (Å²) < 4.78 is 21.6. The Balaban J connectivity index is 1.34. The molecule has 4 rings (SSSR count). The lowest BCUT2D eigenvalue weighted by Crippen LogP contribution is -2.44. The predicted octanol–water partition coefficient (Wildman–Crippen LogP) is 3.56. The third-order valence-electron chi connectivity index (χ3n) is 6.73. The molecule has 1 atom stereocenters. The number of amides is 1. The van der Waals surface area contributed by atoms with E-state index in [1.165, 1.54) is 6.07 Å². The second-order valence-electron chi connectivity index (χ2n) is 9.33. The Morgan fingerprint density at radius 1 is 1.19 bits per heavy atom. The number of nitrogens with zero attached hydrogens (tertiary/aromatic N) is 4. The van der Waals surface area contributed by atoms with Gasteiger partial charge in [0, 0.05) is 37.5 Å². The number of aryl methyl sites for hydroxylation is 2. The number of carbonyl (C=O) groups is 1. The molecule has 2 saturated heterocycles. The molecular formula is C25H35FN4O2. The first-order valence-electron chi connectivity index (χ1n) is 11.8. The molecule has 1 amide bonds. The van der Waals surface area contributed by atoms with Gasteiger partial charge in [-0.2, -0.15) is 5.10 Å². The summed E-state index contributed by atoms with van der Waals surface area (Å²) in [5, 5.41) is 4.47. The molecule has 0 aliphatic carbocycles. The van der Waals surface area contributed by atoms with Crippen molar-refractivity contribution in [3.63, 3.8) is 0 Å². The van der Waals surface area contributed by atoms with Gasteiger partial charge in [-0.05, 0) is 70.7 Å². The Labute approximate surface area is 190 Å². The maximum Gasteiger partial charge on any atom is 0.244 e. The third-order valence-corrected chi connectivity index (χ3v) is 6.73. The van der Waals surface area contributed by atoms with Crippen molar-refractivity contribution in [3.8, 4) is 0 Å². The van der Waals surface area contributed by atoms with Gasteiger partial charge in [-0.3, -0.25) is 14.4 Å². The second kappa shape index (κ2) is 10.6. The minimum absolute atomic E-state index is 0.112. The van der Waals surface area contributed by atoms with Crippen molar-refractivity contribution in [2.45, 2.75) is 58.7 Å². The van der Waals surface area contributed by atoms with Crippen molar-refractivity contribution in [1.29, 1.82) is 0 Å². The Morgan fingerprint density at radius 3 is 2.62 bits per heavy atom. The quantitative estimate of drug-likeness (QED) is 0.627. The smallest absolute Gasteiger partial charge is 0.244 e. The first-order valence-corrected chi connectivity index (χ1v) is 11.8. The number of likely N-dealkylation sites (tertiary alicyclic amines) is 1. The van der Waals surface area contributed by atoms with E-state index >= 15 is 0 Å². The van der Waals surface area contributed by atoms with Crippen molar-refractivity contribution in [1.82, 2.24) is 19.6 Å². The molecule has 2 aliphatic rings. The molecule has 0 bridgehead atoms. The average Bonchev–Trinajstić information content (AvgIpc) is 3.39. The number of benzene rings is 1. The molecule has 2 aliphatic heterocycles. The zero-order chi connectivity index (χ0) is 22.5. The monoisotopic (exact) mass is 442 g/mol. The van der Waals surface area contributed by atoms with Gasteiger partial charge in [0.1, 0.15) is 12.4 Å². The standard InChI is InChI=1S/C25H35FN4O2/c1-19-14-20(2)30(27-19)18-25(31)29(17-23-7-5-13-32-23)15-21-9-11-28(12-10-21)16-22-6-3-4-8-24(22)26/h3-4,6,8,14,21,23H,5,7,9-13,15-18H2,1-2H3. The summed E-state index contributed by atoms with van der Waals surface area (Å²) in [6.07, 6.45) is 4.26. The van der Waals surface area contributed by atoms with E-state index in [2.05, 4.69) is 10.00 Å². The molecule has 1 aromatic heterocycles. The molecule has 1 aromatic carbocycles. The Bertz CT molecular complexity index is 901. The van der Waals surface area contributed by atoms with E-state index in [9.17, 15) is 9.18 Å². The zero-order valence-corrected chi connectivity index (χ0v) is 19.3. The summed E-state index contributed by atoms with van der Waals surface area (Å²) in [7, 11) is 0. The molecule has 1 unspecified atom stereocenters. The van der Waals surface area contributed by atoms with Crippen LogP contribution in [0.2, 0.25) is 0 Å².